The van der Waals surface area contributed by atoms with Crippen molar-refractivity contribution in [1.29, 1.82) is 0 Å². The summed E-state index contributed by atoms with van der Waals surface area (Å²) < 4.78 is 68.4. The molecule has 0 heterocycles. The van der Waals surface area contributed by atoms with Gasteiger partial charge in [0.25, 0.3) is 0 Å². The molecular weight excluding hydrogens is 1230 g/mol. The second-order valence-electron chi connectivity index (χ2n) is 28.2. The lowest BCUT2D eigenvalue weighted by Crippen LogP contribution is -2.30. The Morgan fingerprint density at radius 3 is 0.809 bits per heavy atom. The molecule has 0 spiro atoms. The number of ether oxygens (including phenoxy) is 4. The maximum Gasteiger partial charge on any atom is 0.472 e. The zero-order chi connectivity index (χ0) is 69.4. The predicted molar refractivity (Wildman–Crippen MR) is 381 cm³/mol. The molecule has 0 radical (unpaired) electrons. The van der Waals surface area contributed by atoms with E-state index in [0.29, 0.717) is 25.7 Å². The summed E-state index contributed by atoms with van der Waals surface area (Å²) >= 11 is 0. The average Bonchev–Trinajstić information content (AvgIpc) is 1.64. The number of unbranched alkanes of at least 4 members (excludes halogenated alkanes) is 40. The van der Waals surface area contributed by atoms with Crippen LogP contribution in [0.4, 0.5) is 0 Å². The highest BCUT2D eigenvalue weighted by atomic mass is 31.2. The maximum absolute atomic E-state index is 13.1. The highest BCUT2D eigenvalue weighted by Gasteiger charge is 2.30. The first-order valence-electron chi connectivity index (χ1n) is 38.9. The molecule has 19 heteroatoms. The molecule has 0 rings (SSSR count). The van der Waals surface area contributed by atoms with E-state index in [0.717, 1.165) is 108 Å². The van der Waals surface area contributed by atoms with Crippen LogP contribution in [-0.4, -0.2) is 96.7 Å². The van der Waals surface area contributed by atoms with Crippen LogP contribution >= 0.6 is 15.6 Å². The Morgan fingerprint density at radius 1 is 0.309 bits per heavy atom. The van der Waals surface area contributed by atoms with Crippen LogP contribution in [0.3, 0.4) is 0 Å². The summed E-state index contributed by atoms with van der Waals surface area (Å²) in [5, 5.41) is 10.6. The van der Waals surface area contributed by atoms with E-state index in [1.54, 1.807) is 0 Å². The second kappa shape index (κ2) is 65.7. The first kappa shape index (κ1) is 92.1. The minimum absolute atomic E-state index is 0.104. The molecule has 3 N–H and O–H groups in total. The quantitative estimate of drug-likeness (QED) is 0.0222. The van der Waals surface area contributed by atoms with Crippen molar-refractivity contribution in [2.75, 3.05) is 39.6 Å². The van der Waals surface area contributed by atoms with Crippen molar-refractivity contribution in [3.8, 4) is 0 Å². The van der Waals surface area contributed by atoms with Gasteiger partial charge in [-0.1, -0.05) is 331 Å². The molecule has 0 saturated carbocycles. The summed E-state index contributed by atoms with van der Waals surface area (Å²) in [6, 6.07) is 0. The number of phosphoric acid groups is 2. The highest BCUT2D eigenvalue weighted by Crippen LogP contribution is 2.45. The normalized spacial score (nSPS) is 14.4. The van der Waals surface area contributed by atoms with Gasteiger partial charge in [0.05, 0.1) is 26.4 Å². The smallest absolute Gasteiger partial charge is 0.462 e. The van der Waals surface area contributed by atoms with Crippen LogP contribution in [0.5, 0.6) is 0 Å². The van der Waals surface area contributed by atoms with Crippen molar-refractivity contribution in [1.82, 2.24) is 0 Å². The van der Waals surface area contributed by atoms with E-state index in [9.17, 15) is 43.2 Å². The Hall–Kier alpha value is -1.94. The third-order valence-electron chi connectivity index (χ3n) is 17.7. The zero-order valence-corrected chi connectivity index (χ0v) is 63.2. The molecule has 94 heavy (non-hydrogen) atoms. The van der Waals surface area contributed by atoms with E-state index in [1.165, 1.54) is 193 Å². The fraction of sp³-hybridized carbons (Fsp3) is 0.947. The summed E-state index contributed by atoms with van der Waals surface area (Å²) in [5.41, 5.74) is 0. The Labute approximate surface area is 575 Å². The second-order valence-corrected chi connectivity index (χ2v) is 31.1. The molecule has 0 aliphatic heterocycles. The predicted octanol–water partition coefficient (Wildman–Crippen LogP) is 21.8. The minimum Gasteiger partial charge on any atom is -0.462 e. The molecule has 6 atom stereocenters. The molecule has 3 unspecified atom stereocenters. The van der Waals surface area contributed by atoms with Gasteiger partial charge in [0.2, 0.25) is 0 Å². The standard InChI is InChI=1S/C75H146O17P2/c1-8-10-11-12-13-14-15-16-17-18-19-20-21-22-23-24-25-37-44-51-58-74(79)91-70(62-86-73(78)57-50-43-36-31-28-34-41-48-55-68(7)9-2)64-89-93(81,82)87-60-69(76)61-88-94(83,84)90-65-71(92-75(80)59-52-45-38-30-27-33-40-47-54-67(5)6)63-85-72(77)56-49-42-35-29-26-32-39-46-53-66(3)4/h66-71,76H,8-65H2,1-7H3,(H,81,82)(H,83,84)/t68?,69-,70-,71-/m1/s1. The largest absolute Gasteiger partial charge is 0.472 e. The number of hydrogen-bond donors (Lipinski definition) is 3. The van der Waals surface area contributed by atoms with Crippen molar-refractivity contribution in [2.45, 2.75) is 401 Å². The summed E-state index contributed by atoms with van der Waals surface area (Å²) in [5.74, 6) is 0.0989. The van der Waals surface area contributed by atoms with Crippen LogP contribution in [0.15, 0.2) is 0 Å². The average molecular weight is 1380 g/mol. The molecule has 0 aromatic heterocycles. The fourth-order valence-corrected chi connectivity index (χ4v) is 13.0. The summed E-state index contributed by atoms with van der Waals surface area (Å²) in [6.07, 6.45) is 51.5. The van der Waals surface area contributed by atoms with Crippen LogP contribution in [0.2, 0.25) is 0 Å². The van der Waals surface area contributed by atoms with Crippen molar-refractivity contribution < 1.29 is 80.2 Å². The van der Waals surface area contributed by atoms with Gasteiger partial charge in [-0.3, -0.25) is 37.3 Å². The molecule has 0 fully saturated rings. The van der Waals surface area contributed by atoms with Crippen molar-refractivity contribution in [3.05, 3.63) is 0 Å². The number of esters is 4. The Balaban J connectivity index is 5.21. The van der Waals surface area contributed by atoms with Crippen LogP contribution in [0.1, 0.15) is 382 Å². The number of hydrogen-bond acceptors (Lipinski definition) is 15. The lowest BCUT2D eigenvalue weighted by atomic mass is 9.99. The zero-order valence-electron chi connectivity index (χ0n) is 61.4. The first-order chi connectivity index (χ1) is 45.3. The van der Waals surface area contributed by atoms with Crippen molar-refractivity contribution in [2.24, 2.45) is 17.8 Å². The van der Waals surface area contributed by atoms with Gasteiger partial charge < -0.3 is 33.8 Å². The van der Waals surface area contributed by atoms with E-state index in [1.807, 2.05) is 0 Å². The molecule has 0 saturated heterocycles. The van der Waals surface area contributed by atoms with Gasteiger partial charge in [0, 0.05) is 25.7 Å². The van der Waals surface area contributed by atoms with Crippen LogP contribution < -0.4 is 0 Å². The van der Waals surface area contributed by atoms with E-state index in [-0.39, 0.29) is 25.7 Å². The van der Waals surface area contributed by atoms with E-state index >= 15 is 0 Å². The van der Waals surface area contributed by atoms with Gasteiger partial charge >= 0.3 is 39.5 Å². The molecule has 0 amide bonds. The SMILES string of the molecule is CCCCCCCCCCCCCCCCCCCCCCC(=O)O[C@H](COC(=O)CCCCCCCCCCC(C)CC)COP(=O)(O)OC[C@@H](O)COP(=O)(O)OC[C@@H](COC(=O)CCCCCCCCCCC(C)C)OC(=O)CCCCCCCCCCC(C)C. The molecule has 0 bridgehead atoms. The van der Waals surface area contributed by atoms with Crippen molar-refractivity contribution in [3.63, 3.8) is 0 Å². The van der Waals surface area contributed by atoms with Gasteiger partial charge in [-0.25, -0.2) is 9.13 Å². The number of carbonyl (C=O) groups excluding carboxylic acids is 4. The maximum atomic E-state index is 13.1. The molecule has 558 valence electrons. The van der Waals surface area contributed by atoms with Crippen LogP contribution in [0.25, 0.3) is 0 Å². The summed E-state index contributed by atoms with van der Waals surface area (Å²) in [4.78, 5) is 72.7. The fourth-order valence-electron chi connectivity index (χ4n) is 11.4. The lowest BCUT2D eigenvalue weighted by Gasteiger charge is -2.21. The summed E-state index contributed by atoms with van der Waals surface area (Å²) in [7, 11) is -9.91. The monoisotopic (exact) mass is 1380 g/mol. The molecule has 0 aromatic carbocycles. The van der Waals surface area contributed by atoms with Gasteiger partial charge in [-0.2, -0.15) is 0 Å². The number of phosphoric ester groups is 2. The van der Waals surface area contributed by atoms with E-state index < -0.39 is 97.5 Å². The molecular formula is C75H146O17P2. The number of carbonyl (C=O) groups is 4. The van der Waals surface area contributed by atoms with Gasteiger partial charge in [-0.15, -0.1) is 0 Å². The Bertz CT molecular complexity index is 1840. The molecule has 0 aliphatic carbocycles. The highest BCUT2D eigenvalue weighted by molar-refractivity contribution is 7.47. The molecule has 0 aromatic rings. The Morgan fingerprint density at radius 2 is 0.543 bits per heavy atom. The number of aliphatic hydroxyl groups excluding tert-OH is 1. The molecule has 0 aliphatic rings. The summed E-state index contributed by atoms with van der Waals surface area (Å²) in [6.45, 7) is 11.8. The van der Waals surface area contributed by atoms with Gasteiger partial charge in [0.1, 0.15) is 19.3 Å². The van der Waals surface area contributed by atoms with Crippen LogP contribution in [0, 0.1) is 17.8 Å². The minimum atomic E-state index is -4.96. The topological polar surface area (TPSA) is 237 Å². The first-order valence-corrected chi connectivity index (χ1v) is 41.9. The van der Waals surface area contributed by atoms with E-state index in [4.69, 9.17) is 37.0 Å². The number of rotatable bonds is 73. The molecule has 17 nitrogen and oxygen atoms in total. The van der Waals surface area contributed by atoms with Gasteiger partial charge in [0.15, 0.2) is 12.2 Å². The number of aliphatic hydroxyl groups is 1. The lowest BCUT2D eigenvalue weighted by molar-refractivity contribution is -0.161. The Kier molecular flexibility index (Phi) is 64.3. The van der Waals surface area contributed by atoms with E-state index in [2.05, 4.69) is 48.5 Å². The van der Waals surface area contributed by atoms with Crippen LogP contribution in [-0.2, 0) is 65.4 Å². The van der Waals surface area contributed by atoms with Gasteiger partial charge in [-0.05, 0) is 43.4 Å². The third kappa shape index (κ3) is 67.3. The van der Waals surface area contributed by atoms with Crippen molar-refractivity contribution >= 4 is 39.5 Å². The third-order valence-corrected chi connectivity index (χ3v) is 19.6.